The standard InChI is InChI=1S/C44H42N2O8S/c47-35-16-10-30(11-17-35)22-39-41(49)26-34(44(52)53)21-28-12-18-37(19-13-28)54-27-36(48)24-33(25-38-7-4-20-55-38)42(50)46-40(43(51)45-39)23-29-8-14-32(15-9-29)31-5-2-1-3-6-31/h1-20,33-34,39-40,47H,21-27H2,(H,45,51)(H,46,50)(H,52,53)/t33-,34+,39-,40-/m0/s1. The van der Waals surface area contributed by atoms with Crippen LogP contribution in [0.4, 0.5) is 0 Å². The normalized spacial score (nSPS) is 20.0. The van der Waals surface area contributed by atoms with Crippen molar-refractivity contribution < 1.29 is 38.9 Å². The summed E-state index contributed by atoms with van der Waals surface area (Å²) in [4.78, 5) is 69.2. The lowest BCUT2D eigenvalue weighted by Crippen LogP contribution is -2.54. The molecule has 0 unspecified atom stereocenters. The van der Waals surface area contributed by atoms with Gasteiger partial charge in [-0.3, -0.25) is 24.0 Å². The number of thiophene rings is 1. The predicted molar refractivity (Wildman–Crippen MR) is 209 cm³/mol. The zero-order chi connectivity index (χ0) is 38.7. The summed E-state index contributed by atoms with van der Waals surface area (Å²) in [5.41, 5.74) is 4.01. The number of aliphatic carboxylic acids is 1. The Bertz CT molecular complexity index is 2080. The number of rotatable bonds is 8. The van der Waals surface area contributed by atoms with Crippen molar-refractivity contribution in [2.45, 2.75) is 50.6 Å². The van der Waals surface area contributed by atoms with E-state index in [1.807, 2.05) is 72.1 Å². The molecule has 1 aromatic heterocycles. The van der Waals surface area contributed by atoms with Gasteiger partial charge in [-0.25, -0.2) is 0 Å². The first kappa shape index (κ1) is 38.6. The maximum atomic E-state index is 14.4. The molecule has 282 valence electrons. The smallest absolute Gasteiger partial charge is 0.307 e. The largest absolute Gasteiger partial charge is 0.508 e. The third-order valence-corrected chi connectivity index (χ3v) is 10.6. The number of ether oxygens (including phenoxy) is 1. The topological polar surface area (TPSA) is 159 Å². The first-order valence-electron chi connectivity index (χ1n) is 18.1. The van der Waals surface area contributed by atoms with Crippen molar-refractivity contribution in [3.63, 3.8) is 0 Å². The SMILES string of the molecule is O=C1COc2ccc(cc2)C[C@@H](C(=O)O)CC(=O)[C@H](Cc2ccc(O)cc2)NC(=O)[C@H](Cc2ccc(-c3ccccc3)cc2)NC(=O)[C@H](Cc2cccs2)C1. The number of aromatic hydroxyl groups is 1. The van der Waals surface area contributed by atoms with E-state index in [2.05, 4.69) is 10.6 Å². The summed E-state index contributed by atoms with van der Waals surface area (Å²) in [6.07, 6.45) is -0.104. The molecular weight excluding hydrogens is 717 g/mol. The van der Waals surface area contributed by atoms with Crippen LogP contribution in [-0.2, 0) is 49.7 Å². The fraction of sp³-hybridized carbons (Fsp3) is 0.250. The quantitative estimate of drug-likeness (QED) is 0.150. The molecule has 4 atom stereocenters. The summed E-state index contributed by atoms with van der Waals surface area (Å²) in [7, 11) is 0. The predicted octanol–water partition coefficient (Wildman–Crippen LogP) is 5.99. The molecule has 0 spiro atoms. The second-order valence-corrected chi connectivity index (χ2v) is 14.9. The second-order valence-electron chi connectivity index (χ2n) is 13.8. The van der Waals surface area contributed by atoms with E-state index < -0.39 is 47.5 Å². The second kappa shape index (κ2) is 18.3. The molecule has 3 heterocycles. The molecule has 2 aliphatic heterocycles. The van der Waals surface area contributed by atoms with Crippen molar-refractivity contribution in [2.24, 2.45) is 11.8 Å². The lowest BCUT2D eigenvalue weighted by atomic mass is 9.90. The highest BCUT2D eigenvalue weighted by Crippen LogP contribution is 2.23. The van der Waals surface area contributed by atoms with Crippen LogP contribution < -0.4 is 15.4 Å². The van der Waals surface area contributed by atoms with Gasteiger partial charge < -0.3 is 25.6 Å². The van der Waals surface area contributed by atoms with Crippen LogP contribution >= 0.6 is 11.3 Å². The number of fused-ring (bicyclic) bond motifs is 16. The van der Waals surface area contributed by atoms with Gasteiger partial charge in [0.15, 0.2) is 11.6 Å². The molecule has 7 rings (SSSR count). The van der Waals surface area contributed by atoms with Crippen LogP contribution in [-0.4, -0.2) is 58.3 Å². The molecular formula is C44H42N2O8S. The van der Waals surface area contributed by atoms with Gasteiger partial charge in [0, 0.05) is 30.1 Å². The lowest BCUT2D eigenvalue weighted by molar-refractivity contribution is -0.144. The molecule has 0 radical (unpaired) electrons. The van der Waals surface area contributed by atoms with Crippen molar-refractivity contribution >= 4 is 40.7 Å². The average Bonchev–Trinajstić information content (AvgIpc) is 3.71. The Morgan fingerprint density at radius 2 is 1.31 bits per heavy atom. The third kappa shape index (κ3) is 11.0. The number of carbonyl (C=O) groups is 5. The number of benzene rings is 4. The van der Waals surface area contributed by atoms with Gasteiger partial charge in [0.05, 0.1) is 12.0 Å². The van der Waals surface area contributed by atoms with Crippen molar-refractivity contribution in [3.05, 3.63) is 142 Å². The minimum atomic E-state index is -1.17. The van der Waals surface area contributed by atoms with Crippen LogP contribution in [0.3, 0.4) is 0 Å². The zero-order valence-corrected chi connectivity index (χ0v) is 30.9. The molecule has 2 aliphatic rings. The van der Waals surface area contributed by atoms with E-state index in [1.165, 1.54) is 23.5 Å². The van der Waals surface area contributed by atoms with Crippen LogP contribution in [0.25, 0.3) is 11.1 Å². The van der Waals surface area contributed by atoms with Gasteiger partial charge in [-0.05, 0) is 82.8 Å². The molecule has 55 heavy (non-hydrogen) atoms. The van der Waals surface area contributed by atoms with E-state index in [4.69, 9.17) is 4.74 Å². The van der Waals surface area contributed by atoms with E-state index in [0.717, 1.165) is 21.6 Å². The minimum absolute atomic E-state index is 0.0190. The number of carboxylic acids is 1. The highest BCUT2D eigenvalue weighted by atomic mass is 32.1. The maximum absolute atomic E-state index is 14.4. The van der Waals surface area contributed by atoms with Crippen LogP contribution in [0.5, 0.6) is 11.5 Å². The summed E-state index contributed by atoms with van der Waals surface area (Å²) < 4.78 is 5.75. The van der Waals surface area contributed by atoms with Gasteiger partial charge in [-0.1, -0.05) is 84.9 Å². The van der Waals surface area contributed by atoms with Gasteiger partial charge >= 0.3 is 5.97 Å². The molecule has 11 heteroatoms. The Balaban J connectivity index is 1.34. The number of phenols is 1. The van der Waals surface area contributed by atoms with Gasteiger partial charge in [-0.2, -0.15) is 0 Å². The molecule has 0 saturated heterocycles. The van der Waals surface area contributed by atoms with E-state index in [1.54, 1.807) is 36.4 Å². The number of nitrogens with one attached hydrogen (secondary N) is 2. The van der Waals surface area contributed by atoms with Crippen LogP contribution in [0.1, 0.15) is 34.4 Å². The summed E-state index contributed by atoms with van der Waals surface area (Å²) in [6, 6.07) is 31.7. The summed E-state index contributed by atoms with van der Waals surface area (Å²) in [6.45, 7) is -0.281. The van der Waals surface area contributed by atoms with Gasteiger partial charge in [0.1, 0.15) is 24.1 Å². The van der Waals surface area contributed by atoms with Crippen LogP contribution in [0.15, 0.2) is 121 Å². The summed E-state index contributed by atoms with van der Waals surface area (Å²) in [5, 5.41) is 27.7. The average molecular weight is 759 g/mol. The number of amides is 2. The third-order valence-electron chi connectivity index (χ3n) is 9.69. The zero-order valence-electron chi connectivity index (χ0n) is 30.1. The lowest BCUT2D eigenvalue weighted by Gasteiger charge is -2.26. The van der Waals surface area contributed by atoms with Crippen molar-refractivity contribution in [3.8, 4) is 22.6 Å². The maximum Gasteiger partial charge on any atom is 0.307 e. The molecule has 10 nitrogen and oxygen atoms in total. The fourth-order valence-electron chi connectivity index (χ4n) is 6.65. The molecule has 4 N–H and O–H groups in total. The highest BCUT2D eigenvalue weighted by Gasteiger charge is 2.33. The molecule has 5 aromatic rings. The Labute approximate surface area is 323 Å². The number of carbonyl (C=O) groups excluding carboxylic acids is 4. The Hall–Kier alpha value is -6.07. The Morgan fingerprint density at radius 3 is 1.96 bits per heavy atom. The Morgan fingerprint density at radius 1 is 0.673 bits per heavy atom. The number of carboxylic acid groups (broad SMARTS) is 1. The first-order valence-corrected chi connectivity index (χ1v) is 19.0. The van der Waals surface area contributed by atoms with Crippen LogP contribution in [0, 0.1) is 11.8 Å². The number of hydrogen-bond donors (Lipinski definition) is 4. The number of Topliss-reactive ketones (excluding diaryl/α,β-unsaturated/α-hetero) is 2. The highest BCUT2D eigenvalue weighted by molar-refractivity contribution is 7.09. The van der Waals surface area contributed by atoms with E-state index in [0.29, 0.717) is 16.9 Å². The van der Waals surface area contributed by atoms with E-state index in [-0.39, 0.29) is 56.7 Å². The van der Waals surface area contributed by atoms with Gasteiger partial charge in [-0.15, -0.1) is 11.3 Å². The summed E-state index contributed by atoms with van der Waals surface area (Å²) in [5.74, 6) is -4.59. The van der Waals surface area contributed by atoms with E-state index in [9.17, 15) is 34.2 Å². The molecule has 2 amide bonds. The fourth-order valence-corrected chi connectivity index (χ4v) is 7.44. The van der Waals surface area contributed by atoms with Crippen molar-refractivity contribution in [1.82, 2.24) is 10.6 Å². The molecule has 0 aliphatic carbocycles. The van der Waals surface area contributed by atoms with Crippen molar-refractivity contribution in [1.29, 1.82) is 0 Å². The first-order chi connectivity index (χ1) is 26.6. The Kier molecular flexibility index (Phi) is 12.9. The monoisotopic (exact) mass is 758 g/mol. The number of ketones is 2. The van der Waals surface area contributed by atoms with Crippen LogP contribution in [0.2, 0.25) is 0 Å². The molecule has 0 fully saturated rings. The summed E-state index contributed by atoms with van der Waals surface area (Å²) >= 11 is 1.46. The van der Waals surface area contributed by atoms with Gasteiger partial charge in [0.25, 0.3) is 0 Å². The molecule has 0 saturated carbocycles. The van der Waals surface area contributed by atoms with Crippen molar-refractivity contribution in [2.75, 3.05) is 6.61 Å². The van der Waals surface area contributed by atoms with E-state index >= 15 is 0 Å². The molecule has 2 bridgehead atoms. The number of hydrogen-bond acceptors (Lipinski definition) is 8. The minimum Gasteiger partial charge on any atom is -0.508 e. The number of phenolic OH excluding ortho intramolecular Hbond substituents is 1. The van der Waals surface area contributed by atoms with Gasteiger partial charge in [0.2, 0.25) is 11.8 Å². The molecule has 4 aromatic carbocycles.